The Bertz CT molecular complexity index is 1070. The standard InChI is InChI=1S/C19H19N3O4/c1-21(11-13-7-3-6-10-16(13)26-2)17(23)12-22-15-9-5-4-8-14(15)18(24)20-19(22)25/h3-10H,11-12H2,1-2H3,(H,20,24,25). The van der Waals surface area contributed by atoms with Crippen molar-refractivity contribution in [1.82, 2.24) is 14.5 Å². The van der Waals surface area contributed by atoms with Crippen LogP contribution in [0.15, 0.2) is 58.1 Å². The predicted octanol–water partition coefficient (Wildman–Crippen LogP) is 1.36. The van der Waals surface area contributed by atoms with Crippen molar-refractivity contribution >= 4 is 16.8 Å². The highest BCUT2D eigenvalue weighted by Gasteiger charge is 2.15. The van der Waals surface area contributed by atoms with E-state index < -0.39 is 11.2 Å². The first-order valence-electron chi connectivity index (χ1n) is 8.09. The fourth-order valence-electron chi connectivity index (χ4n) is 2.83. The maximum atomic E-state index is 12.6. The van der Waals surface area contributed by atoms with Gasteiger partial charge in [-0.25, -0.2) is 4.79 Å². The molecule has 1 heterocycles. The van der Waals surface area contributed by atoms with Crippen molar-refractivity contribution < 1.29 is 9.53 Å². The molecular weight excluding hydrogens is 334 g/mol. The number of carbonyl (C=O) groups excluding carboxylic acids is 1. The molecule has 0 saturated heterocycles. The van der Waals surface area contributed by atoms with Crippen molar-refractivity contribution in [1.29, 1.82) is 0 Å². The van der Waals surface area contributed by atoms with Crippen LogP contribution in [-0.4, -0.2) is 34.5 Å². The second-order valence-electron chi connectivity index (χ2n) is 5.92. The van der Waals surface area contributed by atoms with E-state index in [0.717, 1.165) is 5.56 Å². The summed E-state index contributed by atoms with van der Waals surface area (Å²) in [6.07, 6.45) is 0. The van der Waals surface area contributed by atoms with Crippen LogP contribution in [0.4, 0.5) is 0 Å². The lowest BCUT2D eigenvalue weighted by Crippen LogP contribution is -2.37. The third kappa shape index (κ3) is 3.37. The van der Waals surface area contributed by atoms with Crippen LogP contribution in [0.1, 0.15) is 5.56 Å². The van der Waals surface area contributed by atoms with Crippen LogP contribution in [0.5, 0.6) is 5.75 Å². The van der Waals surface area contributed by atoms with E-state index in [1.165, 1.54) is 9.47 Å². The van der Waals surface area contributed by atoms with Gasteiger partial charge in [-0.3, -0.25) is 19.1 Å². The number of methoxy groups -OCH3 is 1. The third-order valence-electron chi connectivity index (χ3n) is 4.22. The van der Waals surface area contributed by atoms with Crippen LogP contribution in [0.2, 0.25) is 0 Å². The van der Waals surface area contributed by atoms with Gasteiger partial charge in [0, 0.05) is 19.2 Å². The largest absolute Gasteiger partial charge is 0.496 e. The summed E-state index contributed by atoms with van der Waals surface area (Å²) in [5.74, 6) is 0.439. The highest BCUT2D eigenvalue weighted by atomic mass is 16.5. The predicted molar refractivity (Wildman–Crippen MR) is 98.3 cm³/mol. The summed E-state index contributed by atoms with van der Waals surface area (Å²) < 4.78 is 6.58. The summed E-state index contributed by atoms with van der Waals surface area (Å²) in [6, 6.07) is 14.1. The Kier molecular flexibility index (Phi) is 4.88. The average Bonchev–Trinajstić information content (AvgIpc) is 2.65. The molecule has 7 heteroatoms. The first kappa shape index (κ1) is 17.5. The number of para-hydroxylation sites is 2. The topological polar surface area (TPSA) is 84.4 Å². The number of ether oxygens (including phenoxy) is 1. The highest BCUT2D eigenvalue weighted by molar-refractivity contribution is 5.81. The summed E-state index contributed by atoms with van der Waals surface area (Å²) in [5, 5.41) is 0.368. The highest BCUT2D eigenvalue weighted by Crippen LogP contribution is 2.19. The van der Waals surface area contributed by atoms with Gasteiger partial charge in [-0.05, 0) is 18.2 Å². The Morgan fingerprint density at radius 2 is 1.81 bits per heavy atom. The van der Waals surface area contributed by atoms with Gasteiger partial charge >= 0.3 is 5.69 Å². The molecule has 26 heavy (non-hydrogen) atoms. The van der Waals surface area contributed by atoms with E-state index in [0.29, 0.717) is 23.2 Å². The van der Waals surface area contributed by atoms with E-state index in [1.807, 2.05) is 24.3 Å². The first-order valence-corrected chi connectivity index (χ1v) is 8.09. The molecule has 0 aliphatic carbocycles. The molecule has 0 radical (unpaired) electrons. The van der Waals surface area contributed by atoms with Crippen molar-refractivity contribution in [3.63, 3.8) is 0 Å². The molecule has 0 fully saturated rings. The van der Waals surface area contributed by atoms with Crippen molar-refractivity contribution in [2.24, 2.45) is 0 Å². The van der Waals surface area contributed by atoms with Crippen LogP contribution in [-0.2, 0) is 17.9 Å². The Labute approximate surface area is 149 Å². The quantitative estimate of drug-likeness (QED) is 0.751. The van der Waals surface area contributed by atoms with Gasteiger partial charge < -0.3 is 9.64 Å². The molecule has 0 aliphatic rings. The number of rotatable bonds is 5. The van der Waals surface area contributed by atoms with E-state index in [4.69, 9.17) is 4.74 Å². The Balaban J connectivity index is 1.87. The Morgan fingerprint density at radius 1 is 1.12 bits per heavy atom. The third-order valence-corrected chi connectivity index (χ3v) is 4.22. The summed E-state index contributed by atoms with van der Waals surface area (Å²) in [7, 11) is 3.24. The number of fused-ring (bicyclic) bond motifs is 1. The van der Waals surface area contributed by atoms with Crippen LogP contribution in [0, 0.1) is 0 Å². The maximum absolute atomic E-state index is 12.6. The average molecular weight is 353 g/mol. The van der Waals surface area contributed by atoms with Gasteiger partial charge in [0.05, 0.1) is 18.0 Å². The molecule has 3 aromatic rings. The Hall–Kier alpha value is -3.35. The smallest absolute Gasteiger partial charge is 0.329 e. The van der Waals surface area contributed by atoms with E-state index in [1.54, 1.807) is 38.4 Å². The number of hydrogen-bond donors (Lipinski definition) is 1. The van der Waals surface area contributed by atoms with Crippen LogP contribution in [0.3, 0.4) is 0 Å². The number of aromatic nitrogens is 2. The molecule has 3 rings (SSSR count). The molecular formula is C19H19N3O4. The van der Waals surface area contributed by atoms with E-state index in [9.17, 15) is 14.4 Å². The molecule has 0 bridgehead atoms. The zero-order valence-corrected chi connectivity index (χ0v) is 14.6. The van der Waals surface area contributed by atoms with Gasteiger partial charge in [-0.15, -0.1) is 0 Å². The lowest BCUT2D eigenvalue weighted by molar-refractivity contribution is -0.131. The van der Waals surface area contributed by atoms with Gasteiger partial charge in [0.25, 0.3) is 5.56 Å². The summed E-state index contributed by atoms with van der Waals surface area (Å²) >= 11 is 0. The van der Waals surface area contributed by atoms with E-state index in [2.05, 4.69) is 4.98 Å². The molecule has 0 spiro atoms. The van der Waals surface area contributed by atoms with E-state index in [-0.39, 0.29) is 12.5 Å². The summed E-state index contributed by atoms with van der Waals surface area (Å²) in [4.78, 5) is 40.5. The van der Waals surface area contributed by atoms with Crippen molar-refractivity contribution in [2.75, 3.05) is 14.2 Å². The lowest BCUT2D eigenvalue weighted by Gasteiger charge is -2.20. The van der Waals surface area contributed by atoms with Crippen molar-refractivity contribution in [3.8, 4) is 5.75 Å². The fourth-order valence-corrected chi connectivity index (χ4v) is 2.83. The van der Waals surface area contributed by atoms with Crippen molar-refractivity contribution in [3.05, 3.63) is 74.9 Å². The number of nitrogens with one attached hydrogen (secondary N) is 1. The zero-order valence-electron chi connectivity index (χ0n) is 14.6. The number of nitrogens with zero attached hydrogens (tertiary/aromatic N) is 2. The van der Waals surface area contributed by atoms with Crippen LogP contribution >= 0.6 is 0 Å². The monoisotopic (exact) mass is 353 g/mol. The molecule has 2 aromatic carbocycles. The first-order chi connectivity index (χ1) is 12.5. The minimum atomic E-state index is -0.604. The molecule has 7 nitrogen and oxygen atoms in total. The number of benzene rings is 2. The maximum Gasteiger partial charge on any atom is 0.329 e. The molecule has 0 aliphatic heterocycles. The number of hydrogen-bond acceptors (Lipinski definition) is 4. The second-order valence-corrected chi connectivity index (χ2v) is 5.92. The molecule has 1 amide bonds. The minimum Gasteiger partial charge on any atom is -0.496 e. The van der Waals surface area contributed by atoms with Gasteiger partial charge in [0.15, 0.2) is 0 Å². The molecule has 0 saturated carbocycles. The SMILES string of the molecule is COc1ccccc1CN(C)C(=O)Cn1c(=O)[nH]c(=O)c2ccccc21. The number of likely N-dealkylation sites (N-methyl/N-ethyl adjacent to an activating group) is 1. The molecule has 0 unspecified atom stereocenters. The van der Waals surface area contributed by atoms with Gasteiger partial charge in [0.1, 0.15) is 12.3 Å². The summed E-state index contributed by atoms with van der Waals surface area (Å²) in [6.45, 7) is 0.181. The molecule has 0 atom stereocenters. The second kappa shape index (κ2) is 7.26. The number of amides is 1. The number of H-pyrrole nitrogens is 1. The minimum absolute atomic E-state index is 0.165. The van der Waals surface area contributed by atoms with Crippen LogP contribution in [0.25, 0.3) is 10.9 Å². The lowest BCUT2D eigenvalue weighted by atomic mass is 10.2. The summed E-state index contributed by atoms with van der Waals surface area (Å²) in [5.41, 5.74) is 0.231. The van der Waals surface area contributed by atoms with Gasteiger partial charge in [-0.2, -0.15) is 0 Å². The van der Waals surface area contributed by atoms with E-state index >= 15 is 0 Å². The number of carbonyl (C=O) groups is 1. The zero-order chi connectivity index (χ0) is 18.7. The molecule has 134 valence electrons. The number of aromatic amines is 1. The molecule has 1 aromatic heterocycles. The van der Waals surface area contributed by atoms with Gasteiger partial charge in [-0.1, -0.05) is 30.3 Å². The molecule has 1 N–H and O–H groups in total. The van der Waals surface area contributed by atoms with Crippen molar-refractivity contribution in [2.45, 2.75) is 13.1 Å². The van der Waals surface area contributed by atoms with Crippen LogP contribution < -0.4 is 16.0 Å². The Morgan fingerprint density at radius 3 is 2.58 bits per heavy atom. The fraction of sp³-hybridized carbons (Fsp3) is 0.211. The normalized spacial score (nSPS) is 10.7. The van der Waals surface area contributed by atoms with Gasteiger partial charge in [0.2, 0.25) is 5.91 Å².